The smallest absolute Gasteiger partial charge is 0.323 e. The van der Waals surface area contributed by atoms with Crippen LogP contribution in [0.25, 0.3) is 0 Å². The molecule has 7 heteroatoms. The van der Waals surface area contributed by atoms with Crippen LogP contribution in [0.5, 0.6) is 0 Å². The molecule has 1 aromatic rings. The monoisotopic (exact) mass is 349 g/mol. The Balaban J connectivity index is 2.46. The van der Waals surface area contributed by atoms with E-state index in [1.165, 1.54) is 7.11 Å². The molecule has 1 fully saturated rings. The average Bonchev–Trinajstić information content (AvgIpc) is 3.03. The van der Waals surface area contributed by atoms with Gasteiger partial charge in [0.25, 0.3) is 0 Å². The predicted octanol–water partition coefficient (Wildman–Crippen LogP) is 1.23. The molecule has 1 heterocycles. The van der Waals surface area contributed by atoms with Crippen LogP contribution >= 0.6 is 0 Å². The van der Waals surface area contributed by atoms with Crippen LogP contribution < -0.4 is 5.32 Å². The zero-order valence-corrected chi connectivity index (χ0v) is 14.6. The highest BCUT2D eigenvalue weighted by molar-refractivity contribution is 5.91. The highest BCUT2D eigenvalue weighted by Crippen LogP contribution is 2.39. The molecule has 0 amide bonds. The molecule has 136 valence electrons. The van der Waals surface area contributed by atoms with Crippen molar-refractivity contribution in [3.8, 4) is 0 Å². The fourth-order valence-corrected chi connectivity index (χ4v) is 3.16. The van der Waals surface area contributed by atoms with Gasteiger partial charge in [-0.15, -0.1) is 0 Å². The van der Waals surface area contributed by atoms with Crippen LogP contribution in [0.3, 0.4) is 0 Å². The molecule has 0 unspecified atom stereocenters. The Morgan fingerprint density at radius 1 is 0.920 bits per heavy atom. The van der Waals surface area contributed by atoms with E-state index in [1.807, 2.05) is 30.3 Å². The number of benzene rings is 1. The molecule has 0 bridgehead atoms. The van der Waals surface area contributed by atoms with E-state index in [4.69, 9.17) is 14.2 Å². The maximum Gasteiger partial charge on any atom is 0.323 e. The molecule has 25 heavy (non-hydrogen) atoms. The van der Waals surface area contributed by atoms with Crippen molar-refractivity contribution >= 4 is 17.9 Å². The summed E-state index contributed by atoms with van der Waals surface area (Å²) in [6.45, 7) is 3.68. The van der Waals surface area contributed by atoms with Gasteiger partial charge >= 0.3 is 17.9 Å². The Kier molecular flexibility index (Phi) is 6.52. The predicted molar refractivity (Wildman–Crippen MR) is 88.4 cm³/mol. The van der Waals surface area contributed by atoms with Crippen molar-refractivity contribution in [2.24, 2.45) is 11.8 Å². The van der Waals surface area contributed by atoms with Crippen molar-refractivity contribution < 1.29 is 28.6 Å². The third kappa shape index (κ3) is 3.99. The Bertz CT molecular complexity index is 617. The summed E-state index contributed by atoms with van der Waals surface area (Å²) in [5.41, 5.74) is 0.779. The van der Waals surface area contributed by atoms with Gasteiger partial charge < -0.3 is 14.2 Å². The van der Waals surface area contributed by atoms with Crippen LogP contribution in [-0.2, 0) is 28.6 Å². The molecule has 4 atom stereocenters. The van der Waals surface area contributed by atoms with E-state index >= 15 is 0 Å². The summed E-state index contributed by atoms with van der Waals surface area (Å²) in [5, 5.41) is 3.06. The summed E-state index contributed by atoms with van der Waals surface area (Å²) >= 11 is 0. The lowest BCUT2D eigenvalue weighted by Gasteiger charge is -2.22. The van der Waals surface area contributed by atoms with E-state index in [9.17, 15) is 14.4 Å². The first-order valence-corrected chi connectivity index (χ1v) is 8.27. The summed E-state index contributed by atoms with van der Waals surface area (Å²) < 4.78 is 15.1. The van der Waals surface area contributed by atoms with Gasteiger partial charge in [-0.25, -0.2) is 0 Å². The number of rotatable bonds is 6. The quantitative estimate of drug-likeness (QED) is 0.610. The van der Waals surface area contributed by atoms with Crippen molar-refractivity contribution in [3.05, 3.63) is 35.9 Å². The van der Waals surface area contributed by atoms with E-state index in [2.05, 4.69) is 5.32 Å². The van der Waals surface area contributed by atoms with E-state index in [1.54, 1.807) is 13.8 Å². The number of ether oxygens (including phenoxy) is 3. The van der Waals surface area contributed by atoms with Gasteiger partial charge in [0.15, 0.2) is 0 Å². The molecule has 0 aromatic heterocycles. The van der Waals surface area contributed by atoms with Gasteiger partial charge in [-0.3, -0.25) is 19.7 Å². The van der Waals surface area contributed by atoms with Crippen LogP contribution in [0.1, 0.15) is 25.5 Å². The van der Waals surface area contributed by atoms with Crippen LogP contribution in [0.2, 0.25) is 0 Å². The van der Waals surface area contributed by atoms with E-state index in [-0.39, 0.29) is 13.2 Å². The molecule has 1 aromatic carbocycles. The normalized spacial score (nSPS) is 25.2. The number of esters is 3. The molecule has 0 radical (unpaired) electrons. The molecule has 2 rings (SSSR count). The third-order valence-electron chi connectivity index (χ3n) is 4.20. The summed E-state index contributed by atoms with van der Waals surface area (Å²) in [6, 6.07) is 7.60. The number of carbonyl (C=O) groups excluding carboxylic acids is 3. The fourth-order valence-electron chi connectivity index (χ4n) is 3.16. The molecular formula is C18H23NO6. The largest absolute Gasteiger partial charge is 0.468 e. The van der Waals surface area contributed by atoms with Crippen molar-refractivity contribution in [2.75, 3.05) is 20.3 Å². The minimum absolute atomic E-state index is 0.148. The average molecular weight is 349 g/mol. The molecular weight excluding hydrogens is 326 g/mol. The molecule has 0 spiro atoms. The van der Waals surface area contributed by atoms with Gasteiger partial charge in [0, 0.05) is 6.04 Å². The molecule has 1 saturated heterocycles. The van der Waals surface area contributed by atoms with Crippen LogP contribution in [0, 0.1) is 11.8 Å². The lowest BCUT2D eigenvalue weighted by molar-refractivity contribution is -0.162. The third-order valence-corrected chi connectivity index (χ3v) is 4.20. The summed E-state index contributed by atoms with van der Waals surface area (Å²) in [5.74, 6) is -3.69. The van der Waals surface area contributed by atoms with Gasteiger partial charge in [-0.05, 0) is 19.4 Å². The molecule has 7 nitrogen and oxygen atoms in total. The molecule has 0 aliphatic carbocycles. The molecule has 1 aliphatic rings. The van der Waals surface area contributed by atoms with Crippen LogP contribution in [0.15, 0.2) is 30.3 Å². The van der Waals surface area contributed by atoms with Gasteiger partial charge in [-0.1, -0.05) is 30.3 Å². The minimum Gasteiger partial charge on any atom is -0.468 e. The minimum atomic E-state index is -1.02. The highest BCUT2D eigenvalue weighted by Gasteiger charge is 2.55. The van der Waals surface area contributed by atoms with Crippen LogP contribution in [0.4, 0.5) is 0 Å². The highest BCUT2D eigenvalue weighted by atomic mass is 16.5. The van der Waals surface area contributed by atoms with Crippen molar-refractivity contribution in [1.82, 2.24) is 5.32 Å². The first kappa shape index (κ1) is 18.9. The number of carbonyl (C=O) groups is 3. The maximum absolute atomic E-state index is 12.6. The van der Waals surface area contributed by atoms with E-state index in [0.717, 1.165) is 5.56 Å². The number of hydrogen-bond acceptors (Lipinski definition) is 7. The first-order valence-electron chi connectivity index (χ1n) is 8.27. The maximum atomic E-state index is 12.6. The van der Waals surface area contributed by atoms with Crippen molar-refractivity contribution in [2.45, 2.75) is 25.9 Å². The zero-order valence-electron chi connectivity index (χ0n) is 14.6. The lowest BCUT2D eigenvalue weighted by Crippen LogP contribution is -2.42. The van der Waals surface area contributed by atoms with E-state index in [0.29, 0.717) is 0 Å². The standard InChI is InChI=1S/C18H23NO6/c1-4-24-16(20)12-13(17(21)25-5-2)15(18(22)23-3)19-14(12)11-9-7-6-8-10-11/h6-10,12-15,19H,4-5H2,1-3H3/t12-,13+,14-,15-/m1/s1. The van der Waals surface area contributed by atoms with Gasteiger partial charge in [-0.2, -0.15) is 0 Å². The summed E-state index contributed by atoms with van der Waals surface area (Å²) in [7, 11) is 1.24. The summed E-state index contributed by atoms with van der Waals surface area (Å²) in [6.07, 6.45) is 0. The van der Waals surface area contributed by atoms with Crippen molar-refractivity contribution in [3.63, 3.8) is 0 Å². The van der Waals surface area contributed by atoms with E-state index < -0.39 is 41.8 Å². The Labute approximate surface area is 146 Å². The molecule has 1 N–H and O–H groups in total. The SMILES string of the molecule is CCOC(=O)[C@@H]1[C@H](C(=O)OCC)[C@H](C(=O)OC)N[C@@H]1c1ccccc1. The first-order chi connectivity index (χ1) is 12.0. The van der Waals surface area contributed by atoms with Gasteiger partial charge in [0.2, 0.25) is 0 Å². The number of hydrogen-bond donors (Lipinski definition) is 1. The second-order valence-electron chi connectivity index (χ2n) is 5.61. The summed E-state index contributed by atoms with van der Waals surface area (Å²) in [4.78, 5) is 37.3. The van der Waals surface area contributed by atoms with Crippen LogP contribution in [-0.4, -0.2) is 44.3 Å². The molecule has 1 aliphatic heterocycles. The van der Waals surface area contributed by atoms with Gasteiger partial charge in [0.05, 0.1) is 32.2 Å². The Morgan fingerprint density at radius 2 is 1.48 bits per heavy atom. The Hall–Kier alpha value is -2.41. The second kappa shape index (κ2) is 8.62. The second-order valence-corrected chi connectivity index (χ2v) is 5.61. The fraction of sp³-hybridized carbons (Fsp3) is 0.500. The van der Waals surface area contributed by atoms with Crippen molar-refractivity contribution in [1.29, 1.82) is 0 Å². The molecule has 0 saturated carbocycles. The number of methoxy groups -OCH3 is 1. The lowest BCUT2D eigenvalue weighted by atomic mass is 9.84. The number of nitrogens with one attached hydrogen (secondary N) is 1. The Morgan fingerprint density at radius 3 is 2.00 bits per heavy atom. The zero-order chi connectivity index (χ0) is 18.4. The topological polar surface area (TPSA) is 90.9 Å². The van der Waals surface area contributed by atoms with Gasteiger partial charge in [0.1, 0.15) is 6.04 Å².